The Bertz CT molecular complexity index is 1300. The van der Waals surface area contributed by atoms with Gasteiger partial charge >= 0.3 is 5.97 Å². The maximum atomic E-state index is 12.1. The van der Waals surface area contributed by atoms with Gasteiger partial charge in [0.05, 0.1) is 31.2 Å². The highest BCUT2D eigenvalue weighted by molar-refractivity contribution is 7.99. The summed E-state index contributed by atoms with van der Waals surface area (Å²) in [4.78, 5) is 16.8. The van der Waals surface area contributed by atoms with Crippen LogP contribution in [0.1, 0.15) is 41.1 Å². The van der Waals surface area contributed by atoms with Crippen LogP contribution in [0.2, 0.25) is 0 Å². The summed E-state index contributed by atoms with van der Waals surface area (Å²) in [5, 5.41) is 1.16. The number of fused-ring (bicyclic) bond motifs is 2. The molecule has 1 heterocycles. The fraction of sp³-hybridized carbons (Fsp3) is 0.400. The number of ether oxygens (including phenoxy) is 1. The van der Waals surface area contributed by atoms with Crippen LogP contribution in [0, 0.1) is 11.8 Å². The van der Waals surface area contributed by atoms with Gasteiger partial charge in [-0.1, -0.05) is 24.3 Å². The minimum absolute atomic E-state index is 0.131. The van der Waals surface area contributed by atoms with E-state index in [9.17, 15) is 13.2 Å². The van der Waals surface area contributed by atoms with Gasteiger partial charge in [0.1, 0.15) is 0 Å². The Morgan fingerprint density at radius 3 is 2.61 bits per heavy atom. The fourth-order valence-corrected chi connectivity index (χ4v) is 6.57. The first kappa shape index (κ1) is 22.5. The molecule has 0 radical (unpaired) electrons. The monoisotopic (exact) mass is 485 g/mol. The normalized spacial score (nSPS) is 21.8. The maximum Gasteiger partial charge on any atom is 0.337 e. The molecular weight excluding hydrogens is 458 g/mol. The van der Waals surface area contributed by atoms with Gasteiger partial charge in [0.2, 0.25) is 0 Å². The zero-order chi connectivity index (χ0) is 23.2. The molecule has 5 rings (SSSR count). The number of aromatic nitrogens is 1. The van der Waals surface area contributed by atoms with Gasteiger partial charge in [0.15, 0.2) is 0 Å². The van der Waals surface area contributed by atoms with E-state index in [0.717, 1.165) is 45.1 Å². The number of carbonyl (C=O) groups excluding carboxylic acids is 1. The number of thioether (sulfide) groups is 1. The molecule has 6 nitrogen and oxygen atoms in total. The number of H-pyrrole nitrogens is 1. The maximum absolute atomic E-state index is 12.1. The lowest BCUT2D eigenvalue weighted by atomic mass is 9.89. The zero-order valence-electron chi connectivity index (χ0n) is 18.7. The molecule has 0 bridgehead atoms. The quantitative estimate of drug-likeness (QED) is 0.204. The smallest absolute Gasteiger partial charge is 0.337 e. The third-order valence-electron chi connectivity index (χ3n) is 6.71. The van der Waals surface area contributed by atoms with E-state index >= 15 is 0 Å². The lowest BCUT2D eigenvalue weighted by molar-refractivity contribution is 0.0601. The molecule has 2 aliphatic rings. The summed E-state index contributed by atoms with van der Waals surface area (Å²) in [6.45, 7) is 0.131. The van der Waals surface area contributed by atoms with E-state index < -0.39 is 10.1 Å². The standard InChI is InChI=1S/C25H27NO5S2/c1-30-25(27)15-7-8-19-21(14-15)26-24(23(19)18-12-16-11-17(16)13-18)20-5-3-4-6-22(20)32-10-9-31-33(2,28)29/h3-8,14,16-18,26H,9-13H2,1-2H3. The number of hydrogen-bond donors (Lipinski definition) is 1. The zero-order valence-corrected chi connectivity index (χ0v) is 20.3. The number of aromatic amines is 1. The fourth-order valence-electron chi connectivity index (χ4n) is 5.19. The van der Waals surface area contributed by atoms with E-state index in [0.29, 0.717) is 17.2 Å². The predicted molar refractivity (Wildman–Crippen MR) is 130 cm³/mol. The Balaban J connectivity index is 1.54. The van der Waals surface area contributed by atoms with Crippen molar-refractivity contribution in [3.8, 4) is 11.3 Å². The van der Waals surface area contributed by atoms with E-state index in [1.807, 2.05) is 30.3 Å². The first-order valence-electron chi connectivity index (χ1n) is 11.1. The summed E-state index contributed by atoms with van der Waals surface area (Å²) in [5.74, 6) is 2.37. The second-order valence-corrected chi connectivity index (χ2v) is 11.7. The van der Waals surface area contributed by atoms with Crippen LogP contribution in [0.3, 0.4) is 0 Å². The number of rotatable bonds is 8. The molecule has 2 saturated carbocycles. The summed E-state index contributed by atoms with van der Waals surface area (Å²) >= 11 is 1.58. The van der Waals surface area contributed by atoms with E-state index in [-0.39, 0.29) is 12.6 Å². The van der Waals surface area contributed by atoms with Gasteiger partial charge in [-0.05, 0) is 60.8 Å². The number of nitrogens with one attached hydrogen (secondary N) is 1. The van der Waals surface area contributed by atoms with Crippen molar-refractivity contribution in [1.29, 1.82) is 0 Å². The number of benzene rings is 2. The molecule has 174 valence electrons. The molecule has 2 aliphatic carbocycles. The van der Waals surface area contributed by atoms with E-state index in [1.54, 1.807) is 11.8 Å². The van der Waals surface area contributed by atoms with Gasteiger partial charge in [0, 0.05) is 27.1 Å². The van der Waals surface area contributed by atoms with Crippen molar-refractivity contribution >= 4 is 38.8 Å². The minimum atomic E-state index is -3.45. The molecular formula is C25H27NO5S2. The molecule has 1 N–H and O–H groups in total. The second kappa shape index (κ2) is 8.81. The van der Waals surface area contributed by atoms with Crippen LogP contribution in [0.4, 0.5) is 0 Å². The van der Waals surface area contributed by atoms with Crippen molar-refractivity contribution in [3.63, 3.8) is 0 Å². The molecule has 0 aliphatic heterocycles. The summed E-state index contributed by atoms with van der Waals surface area (Å²) in [6, 6.07) is 13.9. The molecule has 2 fully saturated rings. The Hall–Kier alpha value is -2.29. The van der Waals surface area contributed by atoms with Gasteiger partial charge in [-0.25, -0.2) is 4.79 Å². The second-order valence-electron chi connectivity index (χ2n) is 8.96. The lowest BCUT2D eigenvalue weighted by Crippen LogP contribution is -2.05. The molecule has 33 heavy (non-hydrogen) atoms. The average Bonchev–Trinajstić information content (AvgIpc) is 3.23. The molecule has 2 unspecified atom stereocenters. The van der Waals surface area contributed by atoms with Gasteiger partial charge in [0.25, 0.3) is 10.1 Å². The van der Waals surface area contributed by atoms with Crippen LogP contribution in [-0.2, 0) is 19.0 Å². The lowest BCUT2D eigenvalue weighted by Gasteiger charge is -2.16. The van der Waals surface area contributed by atoms with Crippen molar-refractivity contribution in [2.24, 2.45) is 11.8 Å². The van der Waals surface area contributed by atoms with Gasteiger partial charge in [-0.2, -0.15) is 8.42 Å². The largest absolute Gasteiger partial charge is 0.465 e. The molecule has 0 spiro atoms. The average molecular weight is 486 g/mol. The SMILES string of the molecule is COC(=O)c1ccc2c(C3CC4CC4C3)c(-c3ccccc3SCCOS(C)(=O)=O)[nH]c2c1. The predicted octanol–water partition coefficient (Wildman–Crippen LogP) is 5.20. The highest BCUT2D eigenvalue weighted by Crippen LogP contribution is 2.59. The van der Waals surface area contributed by atoms with Crippen LogP contribution in [-0.4, -0.2) is 45.1 Å². The number of methoxy groups -OCH3 is 1. The Labute approximate surface area is 198 Å². The van der Waals surface area contributed by atoms with Crippen LogP contribution >= 0.6 is 11.8 Å². The highest BCUT2D eigenvalue weighted by Gasteiger charge is 2.47. The highest BCUT2D eigenvalue weighted by atomic mass is 32.2. The van der Waals surface area contributed by atoms with E-state index in [1.165, 1.54) is 31.9 Å². The summed E-state index contributed by atoms with van der Waals surface area (Å²) in [7, 11) is -2.06. The first-order valence-corrected chi connectivity index (χ1v) is 13.9. The number of esters is 1. The third-order valence-corrected chi connectivity index (χ3v) is 8.34. The summed E-state index contributed by atoms with van der Waals surface area (Å²) < 4.78 is 32.4. The molecule has 8 heteroatoms. The Morgan fingerprint density at radius 1 is 1.12 bits per heavy atom. The topological polar surface area (TPSA) is 85.5 Å². The molecule has 1 aromatic heterocycles. The molecule has 0 saturated heterocycles. The van der Waals surface area contributed by atoms with Crippen molar-refractivity contribution in [3.05, 3.63) is 53.6 Å². The van der Waals surface area contributed by atoms with Gasteiger partial charge < -0.3 is 9.72 Å². The van der Waals surface area contributed by atoms with Crippen molar-refractivity contribution in [1.82, 2.24) is 4.98 Å². The number of hydrogen-bond acceptors (Lipinski definition) is 6. The molecule has 3 aromatic rings. The minimum Gasteiger partial charge on any atom is -0.465 e. The Kier molecular flexibility index (Phi) is 6.01. The molecule has 2 aromatic carbocycles. The van der Waals surface area contributed by atoms with Crippen molar-refractivity contribution in [2.45, 2.75) is 30.1 Å². The van der Waals surface area contributed by atoms with E-state index in [4.69, 9.17) is 8.92 Å². The summed E-state index contributed by atoms with van der Waals surface area (Å²) in [5.41, 5.74) is 4.97. The first-order chi connectivity index (χ1) is 15.8. The van der Waals surface area contributed by atoms with Crippen LogP contribution in [0.5, 0.6) is 0 Å². The third kappa shape index (κ3) is 4.69. The van der Waals surface area contributed by atoms with Gasteiger partial charge in [-0.15, -0.1) is 11.8 Å². The summed E-state index contributed by atoms with van der Waals surface area (Å²) in [6.07, 6.45) is 4.84. The van der Waals surface area contributed by atoms with Crippen LogP contribution in [0.15, 0.2) is 47.4 Å². The van der Waals surface area contributed by atoms with Crippen LogP contribution in [0.25, 0.3) is 22.2 Å². The van der Waals surface area contributed by atoms with Gasteiger partial charge in [-0.3, -0.25) is 4.18 Å². The Morgan fingerprint density at radius 2 is 1.88 bits per heavy atom. The molecule has 0 amide bonds. The van der Waals surface area contributed by atoms with Crippen molar-refractivity contribution in [2.75, 3.05) is 25.7 Å². The van der Waals surface area contributed by atoms with E-state index in [2.05, 4.69) is 17.1 Å². The van der Waals surface area contributed by atoms with Crippen LogP contribution < -0.4 is 0 Å². The molecule has 2 atom stereocenters. The van der Waals surface area contributed by atoms with Crippen molar-refractivity contribution < 1.29 is 22.1 Å². The number of carbonyl (C=O) groups is 1.